The molecule has 0 aliphatic carbocycles. The van der Waals surface area contributed by atoms with Gasteiger partial charge in [-0.3, -0.25) is 0 Å². The van der Waals surface area contributed by atoms with Crippen LogP contribution in [0.5, 0.6) is 0 Å². The molecule has 17 heavy (non-hydrogen) atoms. The molecule has 0 unspecified atom stereocenters. The zero-order valence-corrected chi connectivity index (χ0v) is 9.45. The van der Waals surface area contributed by atoms with Crippen molar-refractivity contribution in [3.63, 3.8) is 0 Å². The first kappa shape index (κ1) is 11.3. The largest absolute Gasteiger partial charge is 0.464 e. The molecule has 0 bridgehead atoms. The standard InChI is InChI=1S/C12H11FN2O2/c1-7-10(12(16)17-2)15-11(14-7)8-4-3-5-9(13)6-8/h3-6H,1-2H3,(H,14,15). The number of aromatic nitrogens is 2. The summed E-state index contributed by atoms with van der Waals surface area (Å²) in [4.78, 5) is 18.4. The van der Waals surface area contributed by atoms with Crippen molar-refractivity contribution in [2.45, 2.75) is 6.92 Å². The predicted octanol–water partition coefficient (Wildman–Crippen LogP) is 2.31. The number of rotatable bonds is 2. The molecule has 0 spiro atoms. The minimum Gasteiger partial charge on any atom is -0.464 e. The number of methoxy groups -OCH3 is 1. The summed E-state index contributed by atoms with van der Waals surface area (Å²) in [5.41, 5.74) is 1.39. The van der Waals surface area contributed by atoms with Crippen LogP contribution in [0.1, 0.15) is 16.2 Å². The van der Waals surface area contributed by atoms with Gasteiger partial charge in [0.1, 0.15) is 11.6 Å². The van der Waals surface area contributed by atoms with Gasteiger partial charge in [-0.25, -0.2) is 14.2 Å². The van der Waals surface area contributed by atoms with E-state index in [1.165, 1.54) is 19.2 Å². The summed E-state index contributed by atoms with van der Waals surface area (Å²) in [7, 11) is 1.29. The lowest BCUT2D eigenvalue weighted by Gasteiger charge is -1.95. The number of aromatic amines is 1. The van der Waals surface area contributed by atoms with Gasteiger partial charge in [-0.05, 0) is 19.1 Å². The van der Waals surface area contributed by atoms with Crippen molar-refractivity contribution >= 4 is 5.97 Å². The minimum atomic E-state index is -0.513. The van der Waals surface area contributed by atoms with Crippen LogP contribution in [0.15, 0.2) is 24.3 Å². The van der Waals surface area contributed by atoms with E-state index >= 15 is 0 Å². The van der Waals surface area contributed by atoms with Crippen molar-refractivity contribution in [1.82, 2.24) is 9.97 Å². The average Bonchev–Trinajstić information content (AvgIpc) is 2.70. The van der Waals surface area contributed by atoms with Crippen LogP contribution in [0, 0.1) is 12.7 Å². The fraction of sp³-hybridized carbons (Fsp3) is 0.167. The zero-order valence-electron chi connectivity index (χ0n) is 9.45. The Morgan fingerprint density at radius 2 is 2.24 bits per heavy atom. The number of hydrogen-bond donors (Lipinski definition) is 1. The molecule has 0 saturated carbocycles. The first-order chi connectivity index (χ1) is 8.11. The molecule has 1 aromatic heterocycles. The van der Waals surface area contributed by atoms with Crippen molar-refractivity contribution in [2.75, 3.05) is 7.11 Å². The molecule has 1 aromatic carbocycles. The molecule has 0 aliphatic rings. The fourth-order valence-electron chi connectivity index (χ4n) is 1.53. The highest BCUT2D eigenvalue weighted by molar-refractivity contribution is 5.89. The molecule has 0 aliphatic heterocycles. The Morgan fingerprint density at radius 1 is 1.47 bits per heavy atom. The van der Waals surface area contributed by atoms with Crippen LogP contribution < -0.4 is 0 Å². The SMILES string of the molecule is COC(=O)c1nc(-c2cccc(F)c2)[nH]c1C. The molecule has 0 radical (unpaired) electrons. The highest BCUT2D eigenvalue weighted by atomic mass is 19.1. The van der Waals surface area contributed by atoms with Crippen LogP contribution in [-0.2, 0) is 4.74 Å². The molecular weight excluding hydrogens is 223 g/mol. The Kier molecular flexibility index (Phi) is 2.91. The monoisotopic (exact) mass is 234 g/mol. The Bertz CT molecular complexity index is 563. The second kappa shape index (κ2) is 4.37. The molecule has 2 aromatic rings. The van der Waals surface area contributed by atoms with Gasteiger partial charge in [-0.15, -0.1) is 0 Å². The summed E-state index contributed by atoms with van der Waals surface area (Å²) in [5.74, 6) is -0.417. The van der Waals surface area contributed by atoms with E-state index in [-0.39, 0.29) is 11.5 Å². The third-order valence-electron chi connectivity index (χ3n) is 2.36. The maximum absolute atomic E-state index is 13.1. The molecule has 1 heterocycles. The van der Waals surface area contributed by atoms with E-state index in [2.05, 4.69) is 14.7 Å². The fourth-order valence-corrected chi connectivity index (χ4v) is 1.53. The van der Waals surface area contributed by atoms with Crippen LogP contribution in [0.3, 0.4) is 0 Å². The average molecular weight is 234 g/mol. The van der Waals surface area contributed by atoms with E-state index < -0.39 is 5.97 Å². The number of hydrogen-bond acceptors (Lipinski definition) is 3. The number of imidazole rings is 1. The second-order valence-corrected chi connectivity index (χ2v) is 3.56. The molecule has 0 amide bonds. The van der Waals surface area contributed by atoms with Gasteiger partial charge in [0.15, 0.2) is 5.69 Å². The number of carbonyl (C=O) groups excluding carboxylic acids is 1. The lowest BCUT2D eigenvalue weighted by molar-refractivity contribution is 0.0594. The van der Waals surface area contributed by atoms with E-state index in [0.29, 0.717) is 17.1 Å². The van der Waals surface area contributed by atoms with Crippen LogP contribution in [0.4, 0.5) is 4.39 Å². The van der Waals surface area contributed by atoms with Gasteiger partial charge in [-0.2, -0.15) is 0 Å². The Balaban J connectivity index is 2.44. The van der Waals surface area contributed by atoms with Crippen molar-refractivity contribution in [2.24, 2.45) is 0 Å². The molecular formula is C12H11FN2O2. The number of esters is 1. The van der Waals surface area contributed by atoms with Crippen LogP contribution >= 0.6 is 0 Å². The van der Waals surface area contributed by atoms with E-state index in [1.807, 2.05) is 0 Å². The zero-order chi connectivity index (χ0) is 12.4. The van der Waals surface area contributed by atoms with Crippen molar-refractivity contribution < 1.29 is 13.9 Å². The van der Waals surface area contributed by atoms with Gasteiger partial charge < -0.3 is 9.72 Å². The summed E-state index contributed by atoms with van der Waals surface area (Å²) in [5, 5.41) is 0. The lowest BCUT2D eigenvalue weighted by Crippen LogP contribution is -2.03. The van der Waals surface area contributed by atoms with Crippen molar-refractivity contribution in [1.29, 1.82) is 0 Å². The summed E-state index contributed by atoms with van der Waals surface area (Å²) in [6, 6.07) is 5.99. The summed E-state index contributed by atoms with van der Waals surface area (Å²) in [6.45, 7) is 1.71. The first-order valence-electron chi connectivity index (χ1n) is 5.02. The van der Waals surface area contributed by atoms with E-state index in [4.69, 9.17) is 0 Å². The molecule has 1 N–H and O–H groups in total. The number of nitrogens with zero attached hydrogens (tertiary/aromatic N) is 1. The Labute approximate surface area is 97.5 Å². The van der Waals surface area contributed by atoms with Gasteiger partial charge in [0.25, 0.3) is 0 Å². The molecule has 0 atom stereocenters. The Morgan fingerprint density at radius 3 is 2.88 bits per heavy atom. The minimum absolute atomic E-state index is 0.215. The van der Waals surface area contributed by atoms with E-state index in [9.17, 15) is 9.18 Å². The number of benzene rings is 1. The highest BCUT2D eigenvalue weighted by Gasteiger charge is 2.15. The van der Waals surface area contributed by atoms with Gasteiger partial charge in [0.05, 0.1) is 7.11 Å². The smallest absolute Gasteiger partial charge is 0.358 e. The highest BCUT2D eigenvalue weighted by Crippen LogP contribution is 2.19. The number of nitrogens with one attached hydrogen (secondary N) is 1. The normalized spacial score (nSPS) is 10.3. The molecule has 0 saturated heterocycles. The maximum atomic E-state index is 13.1. The summed E-state index contributed by atoms with van der Waals surface area (Å²) < 4.78 is 17.6. The molecule has 88 valence electrons. The maximum Gasteiger partial charge on any atom is 0.358 e. The van der Waals surface area contributed by atoms with Gasteiger partial charge in [-0.1, -0.05) is 12.1 Å². The van der Waals surface area contributed by atoms with E-state index in [0.717, 1.165) is 0 Å². The topological polar surface area (TPSA) is 55.0 Å². The van der Waals surface area contributed by atoms with Crippen molar-refractivity contribution in [3.8, 4) is 11.4 Å². The van der Waals surface area contributed by atoms with Gasteiger partial charge in [0.2, 0.25) is 0 Å². The molecule has 2 rings (SSSR count). The van der Waals surface area contributed by atoms with Gasteiger partial charge >= 0.3 is 5.97 Å². The van der Waals surface area contributed by atoms with E-state index in [1.54, 1.807) is 19.1 Å². The number of aryl methyl sites for hydroxylation is 1. The first-order valence-corrected chi connectivity index (χ1v) is 5.02. The molecule has 0 fully saturated rings. The third kappa shape index (κ3) is 2.18. The number of ether oxygens (including phenoxy) is 1. The van der Waals surface area contributed by atoms with Crippen LogP contribution in [0.2, 0.25) is 0 Å². The van der Waals surface area contributed by atoms with Crippen LogP contribution in [0.25, 0.3) is 11.4 Å². The summed E-state index contributed by atoms with van der Waals surface area (Å²) in [6.07, 6.45) is 0. The number of halogens is 1. The predicted molar refractivity (Wildman–Crippen MR) is 60.1 cm³/mol. The number of carbonyl (C=O) groups is 1. The molecule has 5 heteroatoms. The van der Waals surface area contributed by atoms with Crippen LogP contribution in [-0.4, -0.2) is 23.0 Å². The lowest BCUT2D eigenvalue weighted by atomic mass is 10.2. The Hall–Kier alpha value is -2.17. The quantitative estimate of drug-likeness (QED) is 0.811. The van der Waals surface area contributed by atoms with Gasteiger partial charge in [0, 0.05) is 11.3 Å². The number of H-pyrrole nitrogens is 1. The second-order valence-electron chi connectivity index (χ2n) is 3.56. The van der Waals surface area contributed by atoms with Crippen molar-refractivity contribution in [3.05, 3.63) is 41.5 Å². The molecule has 4 nitrogen and oxygen atoms in total. The summed E-state index contributed by atoms with van der Waals surface area (Å²) >= 11 is 0. The third-order valence-corrected chi connectivity index (χ3v) is 2.36.